The highest BCUT2D eigenvalue weighted by Crippen LogP contribution is 2.51. The number of carboxylic acids is 2. The first-order valence-corrected chi connectivity index (χ1v) is 13.1. The molecule has 4 unspecified atom stereocenters. The van der Waals surface area contributed by atoms with Crippen LogP contribution in [0.25, 0.3) is 0 Å². The van der Waals surface area contributed by atoms with Crippen molar-refractivity contribution in [3.05, 3.63) is 0 Å². The molecule has 4 heteroatoms. The fourth-order valence-corrected chi connectivity index (χ4v) is 5.53. The predicted molar refractivity (Wildman–Crippen MR) is 130 cm³/mol. The Bertz CT molecular complexity index is 478. The first kappa shape index (κ1) is 29.9. The predicted octanol–water partition coefficient (Wildman–Crippen LogP) is 8.19. The Labute approximate surface area is 192 Å². The van der Waals surface area contributed by atoms with Gasteiger partial charge in [0.25, 0.3) is 0 Å². The number of hydrogen-bond donors (Lipinski definition) is 2. The van der Waals surface area contributed by atoms with E-state index in [4.69, 9.17) is 5.11 Å². The maximum Gasteiger partial charge on any atom is 0.307 e. The molecule has 0 radical (unpaired) electrons. The van der Waals surface area contributed by atoms with Gasteiger partial charge in [0.05, 0.1) is 11.8 Å². The van der Waals surface area contributed by atoms with Crippen molar-refractivity contribution in [2.24, 2.45) is 29.1 Å². The van der Waals surface area contributed by atoms with Gasteiger partial charge in [-0.25, -0.2) is 0 Å². The second kappa shape index (κ2) is 16.6. The van der Waals surface area contributed by atoms with Crippen molar-refractivity contribution in [3.63, 3.8) is 0 Å². The summed E-state index contributed by atoms with van der Waals surface area (Å²) in [6.07, 6.45) is 14.4. The number of carboxylic acid groups (broad SMARTS) is 2. The standard InChI is InChI=1S/C27H52O4/c1-7-10-11-14-17-20-27(22(5)8-2,23(6)9-3)24(26(30)31)19-16-13-12-15-18-21(4)25(28)29/h21-24H,7-20H2,1-6H3,(H,28,29)(H,30,31). The minimum atomic E-state index is -0.725. The maximum absolute atomic E-state index is 12.5. The Morgan fingerprint density at radius 3 is 1.61 bits per heavy atom. The number of aliphatic carboxylic acids is 2. The molecule has 0 aromatic rings. The van der Waals surface area contributed by atoms with Gasteiger partial charge in [0.15, 0.2) is 0 Å². The van der Waals surface area contributed by atoms with E-state index in [0.717, 1.165) is 57.8 Å². The minimum Gasteiger partial charge on any atom is -0.481 e. The van der Waals surface area contributed by atoms with E-state index < -0.39 is 11.9 Å². The molecule has 0 aliphatic heterocycles. The molecule has 4 atom stereocenters. The summed E-state index contributed by atoms with van der Waals surface area (Å²) in [5.74, 6) is -1.13. The molecule has 31 heavy (non-hydrogen) atoms. The molecular weight excluding hydrogens is 388 g/mol. The summed E-state index contributed by atoms with van der Waals surface area (Å²) in [5.41, 5.74) is -0.140. The van der Waals surface area contributed by atoms with E-state index in [0.29, 0.717) is 18.3 Å². The van der Waals surface area contributed by atoms with Crippen LogP contribution in [-0.2, 0) is 9.59 Å². The van der Waals surface area contributed by atoms with Crippen molar-refractivity contribution < 1.29 is 19.8 Å². The summed E-state index contributed by atoms with van der Waals surface area (Å²) in [4.78, 5) is 23.5. The summed E-state index contributed by atoms with van der Waals surface area (Å²) in [7, 11) is 0. The highest BCUT2D eigenvalue weighted by molar-refractivity contribution is 5.71. The second-order valence-electron chi connectivity index (χ2n) is 10.0. The van der Waals surface area contributed by atoms with Crippen molar-refractivity contribution in [1.82, 2.24) is 0 Å². The largest absolute Gasteiger partial charge is 0.481 e. The van der Waals surface area contributed by atoms with E-state index in [1.807, 2.05) is 0 Å². The van der Waals surface area contributed by atoms with E-state index in [2.05, 4.69) is 34.6 Å². The van der Waals surface area contributed by atoms with E-state index in [-0.39, 0.29) is 17.3 Å². The van der Waals surface area contributed by atoms with Gasteiger partial charge < -0.3 is 10.2 Å². The fraction of sp³-hybridized carbons (Fsp3) is 0.926. The topological polar surface area (TPSA) is 74.6 Å². The van der Waals surface area contributed by atoms with Gasteiger partial charge in [-0.2, -0.15) is 0 Å². The average molecular weight is 441 g/mol. The molecule has 0 aromatic heterocycles. The van der Waals surface area contributed by atoms with E-state index in [9.17, 15) is 14.7 Å². The molecule has 0 aromatic carbocycles. The third kappa shape index (κ3) is 9.95. The molecule has 0 aliphatic rings. The van der Waals surface area contributed by atoms with Crippen LogP contribution < -0.4 is 0 Å². The lowest BCUT2D eigenvalue weighted by atomic mass is 9.55. The van der Waals surface area contributed by atoms with Crippen LogP contribution in [0.2, 0.25) is 0 Å². The molecule has 4 nitrogen and oxygen atoms in total. The number of hydrogen-bond acceptors (Lipinski definition) is 2. The molecule has 0 saturated heterocycles. The van der Waals surface area contributed by atoms with Crippen molar-refractivity contribution in [3.8, 4) is 0 Å². The first-order valence-electron chi connectivity index (χ1n) is 13.1. The van der Waals surface area contributed by atoms with Crippen molar-refractivity contribution in [2.75, 3.05) is 0 Å². The highest BCUT2D eigenvalue weighted by atomic mass is 16.4. The van der Waals surface area contributed by atoms with E-state index in [1.165, 1.54) is 25.7 Å². The van der Waals surface area contributed by atoms with Crippen LogP contribution in [0.5, 0.6) is 0 Å². The third-order valence-corrected chi connectivity index (χ3v) is 8.02. The van der Waals surface area contributed by atoms with Crippen molar-refractivity contribution >= 4 is 11.9 Å². The van der Waals surface area contributed by atoms with E-state index in [1.54, 1.807) is 6.92 Å². The lowest BCUT2D eigenvalue weighted by Crippen LogP contribution is -2.46. The third-order valence-electron chi connectivity index (χ3n) is 8.02. The zero-order chi connectivity index (χ0) is 23.9. The second-order valence-corrected chi connectivity index (χ2v) is 10.0. The fourth-order valence-electron chi connectivity index (χ4n) is 5.53. The van der Waals surface area contributed by atoms with Gasteiger partial charge in [0, 0.05) is 0 Å². The Hall–Kier alpha value is -1.06. The van der Waals surface area contributed by atoms with Gasteiger partial charge in [0.2, 0.25) is 0 Å². The van der Waals surface area contributed by atoms with Crippen molar-refractivity contribution in [2.45, 2.75) is 131 Å². The van der Waals surface area contributed by atoms with Crippen LogP contribution in [-0.4, -0.2) is 22.2 Å². The first-order chi connectivity index (χ1) is 14.7. The van der Waals surface area contributed by atoms with Crippen molar-refractivity contribution in [1.29, 1.82) is 0 Å². The quantitative estimate of drug-likeness (QED) is 0.187. The summed E-state index contributed by atoms with van der Waals surface area (Å²) in [6, 6.07) is 0. The van der Waals surface area contributed by atoms with E-state index >= 15 is 0 Å². The van der Waals surface area contributed by atoms with Crippen LogP contribution in [0.15, 0.2) is 0 Å². The maximum atomic E-state index is 12.5. The molecule has 0 spiro atoms. The minimum absolute atomic E-state index is 0.140. The zero-order valence-electron chi connectivity index (χ0n) is 21.4. The molecule has 184 valence electrons. The van der Waals surface area contributed by atoms with Gasteiger partial charge in [-0.05, 0) is 36.5 Å². The van der Waals surface area contributed by atoms with Crippen LogP contribution in [0.1, 0.15) is 131 Å². The molecule has 0 bridgehead atoms. The van der Waals surface area contributed by atoms with Gasteiger partial charge >= 0.3 is 11.9 Å². The highest BCUT2D eigenvalue weighted by Gasteiger charge is 2.48. The summed E-state index contributed by atoms with van der Waals surface area (Å²) < 4.78 is 0. The lowest BCUT2D eigenvalue weighted by molar-refractivity contribution is -0.153. The Balaban J connectivity index is 5.20. The molecule has 0 rings (SSSR count). The SMILES string of the molecule is CCCCCCCC(C(C)CC)(C(C)CC)C(CCCCCCC(C)C(=O)O)C(=O)O. The monoisotopic (exact) mass is 440 g/mol. The smallest absolute Gasteiger partial charge is 0.307 e. The Morgan fingerprint density at radius 1 is 0.677 bits per heavy atom. The molecule has 0 amide bonds. The summed E-state index contributed by atoms with van der Waals surface area (Å²) >= 11 is 0. The lowest BCUT2D eigenvalue weighted by Gasteiger charge is -2.48. The van der Waals surface area contributed by atoms with Gasteiger partial charge in [-0.3, -0.25) is 9.59 Å². The van der Waals surface area contributed by atoms with Gasteiger partial charge in [0.1, 0.15) is 0 Å². The van der Waals surface area contributed by atoms with Gasteiger partial charge in [-0.15, -0.1) is 0 Å². The molecule has 0 heterocycles. The molecular formula is C27H52O4. The Kier molecular flexibility index (Phi) is 16.0. The normalized spacial score (nSPS) is 17.5. The number of unbranched alkanes of at least 4 members (excludes halogenated alkanes) is 7. The zero-order valence-corrected chi connectivity index (χ0v) is 21.4. The molecule has 0 fully saturated rings. The molecule has 2 N–H and O–H groups in total. The average Bonchev–Trinajstić information content (AvgIpc) is 2.74. The molecule has 0 saturated carbocycles. The molecule has 0 aliphatic carbocycles. The van der Waals surface area contributed by atoms with Crippen LogP contribution in [0.4, 0.5) is 0 Å². The summed E-state index contributed by atoms with van der Waals surface area (Å²) in [5, 5.41) is 19.3. The van der Waals surface area contributed by atoms with Gasteiger partial charge in [-0.1, -0.05) is 112 Å². The number of rotatable bonds is 20. The van der Waals surface area contributed by atoms with Crippen LogP contribution in [0.3, 0.4) is 0 Å². The van der Waals surface area contributed by atoms with Crippen LogP contribution >= 0.6 is 0 Å². The number of carbonyl (C=O) groups is 2. The summed E-state index contributed by atoms with van der Waals surface area (Å²) in [6.45, 7) is 13.0. The van der Waals surface area contributed by atoms with Crippen LogP contribution in [0, 0.1) is 29.1 Å². The Morgan fingerprint density at radius 2 is 1.16 bits per heavy atom.